The highest BCUT2D eigenvalue weighted by Crippen LogP contribution is 2.31. The zero-order valence-corrected chi connectivity index (χ0v) is 21.3. The van der Waals surface area contributed by atoms with Crippen molar-refractivity contribution >= 4 is 33.3 Å². The van der Waals surface area contributed by atoms with Crippen molar-refractivity contribution < 1.29 is 32.2 Å². The van der Waals surface area contributed by atoms with E-state index in [1.54, 1.807) is 62.4 Å². The number of nitrogens with zero attached hydrogens (tertiary/aromatic N) is 1. The number of methoxy groups -OCH3 is 2. The molecule has 9 nitrogen and oxygen atoms in total. The summed E-state index contributed by atoms with van der Waals surface area (Å²) in [5.74, 6) is -0.353. The number of hydrogen-bond acceptors (Lipinski definition) is 7. The second-order valence-corrected chi connectivity index (χ2v) is 9.54. The van der Waals surface area contributed by atoms with Crippen molar-refractivity contribution in [2.45, 2.75) is 18.7 Å². The molecule has 0 saturated carbocycles. The first kappa shape index (κ1) is 26.6. The lowest BCUT2D eigenvalue weighted by atomic mass is 10.2. The molecule has 0 unspecified atom stereocenters. The van der Waals surface area contributed by atoms with Gasteiger partial charge in [-0.1, -0.05) is 6.07 Å². The summed E-state index contributed by atoms with van der Waals surface area (Å²) < 4.78 is 44.0. The molecule has 0 aromatic heterocycles. The molecule has 3 rings (SSSR count). The lowest BCUT2D eigenvalue weighted by molar-refractivity contribution is -0.114. The smallest absolute Gasteiger partial charge is 0.338 e. The molecule has 0 fully saturated rings. The van der Waals surface area contributed by atoms with E-state index in [4.69, 9.17) is 14.2 Å². The maximum absolute atomic E-state index is 13.8. The van der Waals surface area contributed by atoms with Gasteiger partial charge in [-0.25, -0.2) is 13.2 Å². The minimum atomic E-state index is -4.21. The standard InChI is InChI=1S/C26H28N2O7S/c1-5-35-26(30)19-7-9-20(10-8-19)27-25(29)17-28(21-11-13-22(33-3)14-12-21)36(31,32)24-16-18(2)6-15-23(24)34-4/h6-16H,5,17H2,1-4H3,(H,27,29). The van der Waals surface area contributed by atoms with Crippen LogP contribution in [-0.2, 0) is 19.6 Å². The Balaban J connectivity index is 1.92. The van der Waals surface area contributed by atoms with E-state index in [9.17, 15) is 18.0 Å². The number of esters is 1. The third-order valence-corrected chi connectivity index (χ3v) is 7.01. The molecule has 1 N–H and O–H groups in total. The Morgan fingerprint density at radius 2 is 1.58 bits per heavy atom. The maximum atomic E-state index is 13.8. The number of amides is 1. The van der Waals surface area contributed by atoms with E-state index in [-0.39, 0.29) is 22.9 Å². The summed E-state index contributed by atoms with van der Waals surface area (Å²) in [7, 11) is -1.32. The Morgan fingerprint density at radius 1 is 0.917 bits per heavy atom. The van der Waals surface area contributed by atoms with E-state index in [2.05, 4.69) is 5.32 Å². The number of nitrogens with one attached hydrogen (secondary N) is 1. The fourth-order valence-electron chi connectivity index (χ4n) is 3.40. The van der Waals surface area contributed by atoms with Gasteiger partial charge in [0.2, 0.25) is 5.91 Å². The van der Waals surface area contributed by atoms with Gasteiger partial charge in [0.1, 0.15) is 22.9 Å². The number of hydrogen-bond donors (Lipinski definition) is 1. The van der Waals surface area contributed by atoms with Crippen molar-refractivity contribution in [2.75, 3.05) is 37.0 Å². The van der Waals surface area contributed by atoms with Crippen LogP contribution >= 0.6 is 0 Å². The van der Waals surface area contributed by atoms with Crippen molar-refractivity contribution in [3.05, 3.63) is 77.9 Å². The molecule has 0 saturated heterocycles. The van der Waals surface area contributed by atoms with Crippen LogP contribution in [0.4, 0.5) is 11.4 Å². The summed E-state index contributed by atoms with van der Waals surface area (Å²) >= 11 is 0. The maximum Gasteiger partial charge on any atom is 0.338 e. The SMILES string of the molecule is CCOC(=O)c1ccc(NC(=O)CN(c2ccc(OC)cc2)S(=O)(=O)c2cc(C)ccc2OC)cc1. The fraction of sp³-hybridized carbons (Fsp3) is 0.231. The van der Waals surface area contributed by atoms with Gasteiger partial charge in [0.25, 0.3) is 10.0 Å². The van der Waals surface area contributed by atoms with Gasteiger partial charge < -0.3 is 19.5 Å². The van der Waals surface area contributed by atoms with E-state index in [0.717, 1.165) is 9.87 Å². The molecule has 3 aromatic rings. The van der Waals surface area contributed by atoms with Gasteiger partial charge in [0, 0.05) is 5.69 Å². The molecule has 3 aromatic carbocycles. The van der Waals surface area contributed by atoms with Crippen LogP contribution in [0.15, 0.2) is 71.6 Å². The molecule has 0 aliphatic rings. The lowest BCUT2D eigenvalue weighted by Crippen LogP contribution is -2.38. The normalized spacial score (nSPS) is 10.9. The highest BCUT2D eigenvalue weighted by Gasteiger charge is 2.30. The number of rotatable bonds is 10. The van der Waals surface area contributed by atoms with Crippen LogP contribution in [0.5, 0.6) is 11.5 Å². The minimum absolute atomic E-state index is 0.0626. The van der Waals surface area contributed by atoms with Gasteiger partial charge in [-0.05, 0) is 80.1 Å². The van der Waals surface area contributed by atoms with E-state index in [1.165, 1.54) is 32.4 Å². The van der Waals surface area contributed by atoms with Crippen LogP contribution in [0.3, 0.4) is 0 Å². The Hall–Kier alpha value is -4.05. The van der Waals surface area contributed by atoms with Crippen molar-refractivity contribution in [2.24, 2.45) is 0 Å². The van der Waals surface area contributed by atoms with E-state index in [0.29, 0.717) is 17.0 Å². The summed E-state index contributed by atoms with van der Waals surface area (Å²) in [5.41, 5.74) is 1.72. The first-order chi connectivity index (χ1) is 17.2. The van der Waals surface area contributed by atoms with Crippen molar-refractivity contribution in [3.63, 3.8) is 0 Å². The second-order valence-electron chi connectivity index (χ2n) is 7.71. The Labute approximate surface area is 210 Å². The molecule has 0 aliphatic carbocycles. The quantitative estimate of drug-likeness (QED) is 0.409. The van der Waals surface area contributed by atoms with Crippen LogP contribution < -0.4 is 19.1 Å². The monoisotopic (exact) mass is 512 g/mol. The molecule has 190 valence electrons. The van der Waals surface area contributed by atoms with Gasteiger partial charge in [-0.3, -0.25) is 9.10 Å². The van der Waals surface area contributed by atoms with Crippen molar-refractivity contribution in [1.82, 2.24) is 0 Å². The van der Waals surface area contributed by atoms with Crippen LogP contribution in [0.2, 0.25) is 0 Å². The van der Waals surface area contributed by atoms with Crippen molar-refractivity contribution in [3.8, 4) is 11.5 Å². The van der Waals surface area contributed by atoms with Crippen molar-refractivity contribution in [1.29, 1.82) is 0 Å². The van der Waals surface area contributed by atoms with Gasteiger partial charge >= 0.3 is 5.97 Å². The number of benzene rings is 3. The summed E-state index contributed by atoms with van der Waals surface area (Å²) in [5, 5.41) is 2.67. The Bertz CT molecular complexity index is 1320. The average Bonchev–Trinajstić information content (AvgIpc) is 2.88. The van der Waals surface area contributed by atoms with Crippen LogP contribution in [0.25, 0.3) is 0 Å². The van der Waals surface area contributed by atoms with Gasteiger partial charge in [0.15, 0.2) is 0 Å². The van der Waals surface area contributed by atoms with E-state index < -0.39 is 28.4 Å². The molecule has 36 heavy (non-hydrogen) atoms. The molecule has 0 heterocycles. The molecule has 1 amide bonds. The predicted molar refractivity (Wildman–Crippen MR) is 136 cm³/mol. The highest BCUT2D eigenvalue weighted by molar-refractivity contribution is 7.93. The fourth-order valence-corrected chi connectivity index (χ4v) is 5.07. The van der Waals surface area contributed by atoms with Crippen LogP contribution in [0, 0.1) is 6.92 Å². The summed E-state index contributed by atoms with van der Waals surface area (Å²) in [6.07, 6.45) is 0. The summed E-state index contributed by atoms with van der Waals surface area (Å²) in [6.45, 7) is 3.22. The average molecular weight is 513 g/mol. The highest BCUT2D eigenvalue weighted by atomic mass is 32.2. The molecule has 10 heteroatoms. The summed E-state index contributed by atoms with van der Waals surface area (Å²) in [4.78, 5) is 24.8. The van der Waals surface area contributed by atoms with E-state index in [1.807, 2.05) is 0 Å². The minimum Gasteiger partial charge on any atom is -0.497 e. The molecule has 0 atom stereocenters. The molecule has 0 radical (unpaired) electrons. The number of aryl methyl sites for hydroxylation is 1. The van der Waals surface area contributed by atoms with Crippen LogP contribution in [-0.4, -0.2) is 47.7 Å². The topological polar surface area (TPSA) is 111 Å². The zero-order chi connectivity index (χ0) is 26.3. The Morgan fingerprint density at radius 3 is 2.17 bits per heavy atom. The number of ether oxygens (including phenoxy) is 3. The lowest BCUT2D eigenvalue weighted by Gasteiger charge is -2.25. The zero-order valence-electron chi connectivity index (χ0n) is 20.5. The molecule has 0 spiro atoms. The second kappa shape index (κ2) is 11.6. The molecular formula is C26H28N2O7S. The first-order valence-electron chi connectivity index (χ1n) is 11.1. The first-order valence-corrected chi connectivity index (χ1v) is 12.5. The largest absolute Gasteiger partial charge is 0.497 e. The van der Waals surface area contributed by atoms with Gasteiger partial charge in [-0.15, -0.1) is 0 Å². The third kappa shape index (κ3) is 6.14. The molecule has 0 aliphatic heterocycles. The summed E-state index contributed by atoms with van der Waals surface area (Å²) in [6, 6.07) is 17.2. The van der Waals surface area contributed by atoms with Gasteiger partial charge in [-0.2, -0.15) is 0 Å². The van der Waals surface area contributed by atoms with Gasteiger partial charge in [0.05, 0.1) is 32.1 Å². The number of carbonyl (C=O) groups excluding carboxylic acids is 2. The number of anilines is 2. The Kier molecular flexibility index (Phi) is 8.55. The van der Waals surface area contributed by atoms with E-state index >= 15 is 0 Å². The number of carbonyl (C=O) groups is 2. The third-order valence-electron chi connectivity index (χ3n) is 5.21. The number of sulfonamides is 1. The van der Waals surface area contributed by atoms with Crippen LogP contribution in [0.1, 0.15) is 22.8 Å². The molecular weight excluding hydrogens is 484 g/mol. The predicted octanol–water partition coefficient (Wildman–Crippen LogP) is 4.02. The molecule has 0 bridgehead atoms.